The van der Waals surface area contributed by atoms with Gasteiger partial charge in [0.15, 0.2) is 5.65 Å². The minimum absolute atomic E-state index is 0.0935. The molecule has 4 heterocycles. The Morgan fingerprint density at radius 3 is 2.50 bits per heavy atom. The molecule has 2 aliphatic carbocycles. The Bertz CT molecular complexity index is 2010. The molecule has 1 aliphatic heterocycles. The fourth-order valence-corrected chi connectivity index (χ4v) is 6.86. The molecule has 2 saturated carbocycles. The third kappa shape index (κ3) is 7.34. The SMILES string of the molecule is COc1ccc(COc2nc(NCc3cn4cc(C5CC5)cc(N5CCN(C)CC5)c4n3)cc(NC(=O)[C@H]3C[C@@H]3c3cccc(Cl)c3)n2)cc1. The van der Waals surface area contributed by atoms with Crippen molar-refractivity contribution in [3.8, 4) is 11.8 Å². The van der Waals surface area contributed by atoms with Crippen LogP contribution in [0.15, 0.2) is 73.1 Å². The molecule has 3 aromatic heterocycles. The van der Waals surface area contributed by atoms with E-state index in [2.05, 4.69) is 60.3 Å². The van der Waals surface area contributed by atoms with E-state index in [1.54, 1.807) is 13.2 Å². The molecule has 3 fully saturated rings. The highest BCUT2D eigenvalue weighted by molar-refractivity contribution is 6.30. The number of hydrogen-bond donors (Lipinski definition) is 2. The maximum Gasteiger partial charge on any atom is 0.320 e. The largest absolute Gasteiger partial charge is 0.497 e. The van der Waals surface area contributed by atoms with Crippen molar-refractivity contribution in [2.75, 3.05) is 55.9 Å². The topological polar surface area (TPSA) is 109 Å². The van der Waals surface area contributed by atoms with E-state index in [0.717, 1.165) is 60.8 Å². The lowest BCUT2D eigenvalue weighted by Gasteiger charge is -2.34. The average Bonchev–Trinajstić information content (AvgIpc) is 4.07. The van der Waals surface area contributed by atoms with E-state index >= 15 is 0 Å². The normalized spacial score (nSPS) is 19.0. The third-order valence-electron chi connectivity index (χ3n) is 9.83. The molecule has 8 rings (SSSR count). The number of methoxy groups -OCH3 is 1. The summed E-state index contributed by atoms with van der Waals surface area (Å²) in [5.41, 5.74) is 6.44. The van der Waals surface area contributed by atoms with E-state index in [1.807, 2.05) is 48.5 Å². The van der Waals surface area contributed by atoms with E-state index in [-0.39, 0.29) is 30.4 Å². The van der Waals surface area contributed by atoms with E-state index in [0.29, 0.717) is 29.1 Å². The highest BCUT2D eigenvalue weighted by Crippen LogP contribution is 2.48. The van der Waals surface area contributed by atoms with E-state index in [4.69, 9.17) is 26.1 Å². The Labute approximate surface area is 296 Å². The number of piperazine rings is 1. The number of benzene rings is 2. The number of anilines is 3. The maximum absolute atomic E-state index is 13.3. The monoisotopic (exact) mass is 692 g/mol. The van der Waals surface area contributed by atoms with Gasteiger partial charge in [-0.15, -0.1) is 0 Å². The van der Waals surface area contributed by atoms with Gasteiger partial charge >= 0.3 is 6.01 Å². The van der Waals surface area contributed by atoms with Gasteiger partial charge in [-0.3, -0.25) is 4.79 Å². The van der Waals surface area contributed by atoms with Gasteiger partial charge in [0.25, 0.3) is 0 Å². The summed E-state index contributed by atoms with van der Waals surface area (Å²) in [6, 6.07) is 19.6. The summed E-state index contributed by atoms with van der Waals surface area (Å²) in [5, 5.41) is 7.10. The number of carbonyl (C=O) groups is 1. The average molecular weight is 693 g/mol. The lowest BCUT2D eigenvalue weighted by atomic mass is 10.1. The minimum Gasteiger partial charge on any atom is -0.497 e. The lowest BCUT2D eigenvalue weighted by Crippen LogP contribution is -2.44. The van der Waals surface area contributed by atoms with Crippen LogP contribution >= 0.6 is 11.6 Å². The number of ether oxygens (including phenoxy) is 2. The van der Waals surface area contributed by atoms with Crippen LogP contribution < -0.4 is 25.0 Å². The Morgan fingerprint density at radius 1 is 0.940 bits per heavy atom. The Hall–Kier alpha value is -4.87. The van der Waals surface area contributed by atoms with Crippen molar-refractivity contribution in [1.29, 1.82) is 0 Å². The van der Waals surface area contributed by atoms with Gasteiger partial charge in [-0.2, -0.15) is 9.97 Å². The number of amides is 1. The number of carbonyl (C=O) groups excluding carboxylic acids is 1. The number of likely N-dealkylation sites (N-methyl/N-ethyl adjacent to an activating group) is 1. The molecule has 0 spiro atoms. The van der Waals surface area contributed by atoms with Crippen molar-refractivity contribution in [2.24, 2.45) is 5.92 Å². The highest BCUT2D eigenvalue weighted by atomic mass is 35.5. The number of nitrogens with zero attached hydrogens (tertiary/aromatic N) is 6. The van der Waals surface area contributed by atoms with Gasteiger partial charge in [-0.25, -0.2) is 4.98 Å². The summed E-state index contributed by atoms with van der Waals surface area (Å²) < 4.78 is 13.5. The van der Waals surface area contributed by atoms with Crippen LogP contribution in [0, 0.1) is 5.92 Å². The van der Waals surface area contributed by atoms with Gasteiger partial charge in [0.1, 0.15) is 24.0 Å². The van der Waals surface area contributed by atoms with E-state index in [1.165, 1.54) is 24.1 Å². The molecule has 3 aliphatic rings. The molecule has 11 nitrogen and oxygen atoms in total. The van der Waals surface area contributed by atoms with Gasteiger partial charge in [0.2, 0.25) is 5.91 Å². The first kappa shape index (κ1) is 32.3. The van der Waals surface area contributed by atoms with Crippen LogP contribution in [0.1, 0.15) is 53.5 Å². The van der Waals surface area contributed by atoms with Crippen LogP contribution in [0.3, 0.4) is 0 Å². The maximum atomic E-state index is 13.3. The fraction of sp³-hybridized carbons (Fsp3) is 0.368. The predicted octanol–water partition coefficient (Wildman–Crippen LogP) is 6.35. The molecule has 1 amide bonds. The van der Waals surface area contributed by atoms with Gasteiger partial charge in [0.05, 0.1) is 25.0 Å². The minimum atomic E-state index is -0.156. The third-order valence-corrected chi connectivity index (χ3v) is 10.1. The predicted molar refractivity (Wildman–Crippen MR) is 194 cm³/mol. The summed E-state index contributed by atoms with van der Waals surface area (Å²) in [6.45, 7) is 4.72. The first-order chi connectivity index (χ1) is 24.4. The lowest BCUT2D eigenvalue weighted by molar-refractivity contribution is -0.117. The van der Waals surface area contributed by atoms with Crippen LogP contribution in [0.2, 0.25) is 5.02 Å². The summed E-state index contributed by atoms with van der Waals surface area (Å²) in [6.07, 6.45) is 7.58. The number of imidazole rings is 1. The van der Waals surface area contributed by atoms with Gasteiger partial charge in [0, 0.05) is 55.6 Å². The molecule has 2 atom stereocenters. The van der Waals surface area contributed by atoms with Gasteiger partial charge in [-0.05, 0) is 85.2 Å². The molecule has 0 radical (unpaired) electrons. The van der Waals surface area contributed by atoms with Crippen molar-refractivity contribution >= 4 is 40.5 Å². The Morgan fingerprint density at radius 2 is 1.74 bits per heavy atom. The number of aromatic nitrogens is 4. The molecule has 0 bridgehead atoms. The van der Waals surface area contributed by atoms with Crippen LogP contribution in [0.4, 0.5) is 17.3 Å². The zero-order valence-corrected chi connectivity index (χ0v) is 29.1. The van der Waals surface area contributed by atoms with Crippen LogP contribution in [-0.4, -0.2) is 70.5 Å². The molecule has 50 heavy (non-hydrogen) atoms. The smallest absolute Gasteiger partial charge is 0.320 e. The summed E-state index contributed by atoms with van der Waals surface area (Å²) in [7, 11) is 3.81. The zero-order chi connectivity index (χ0) is 34.2. The zero-order valence-electron chi connectivity index (χ0n) is 28.3. The number of nitrogens with one attached hydrogen (secondary N) is 2. The first-order valence-electron chi connectivity index (χ1n) is 17.3. The number of pyridine rings is 1. The Kier molecular flexibility index (Phi) is 8.93. The quantitative estimate of drug-likeness (QED) is 0.155. The summed E-state index contributed by atoms with van der Waals surface area (Å²) in [4.78, 5) is 32.5. The molecule has 5 aromatic rings. The van der Waals surface area contributed by atoms with Crippen LogP contribution in [0.25, 0.3) is 5.65 Å². The number of fused-ring (bicyclic) bond motifs is 1. The molecule has 0 unspecified atom stereocenters. The summed E-state index contributed by atoms with van der Waals surface area (Å²) >= 11 is 6.21. The molecule has 2 aromatic carbocycles. The standard InChI is InChI=1S/C38H41ClN8O3/c1-45-12-14-46(15-13-45)33-17-27(25-8-9-25)21-47-22-29(41-36(33)47)20-40-34-19-35(42-37(48)32-18-31(32)26-4-3-5-28(39)16-26)44-38(43-34)50-23-24-6-10-30(49-2)11-7-24/h3-7,10-11,16-17,19,21-22,25,31-32H,8-9,12-15,18,20,23H2,1-2H3,(H2,40,42,43,44,48)/t31-,32+/m1/s1. The Balaban J connectivity index is 1.01. The van der Waals surface area contributed by atoms with Crippen molar-refractivity contribution < 1.29 is 14.3 Å². The van der Waals surface area contributed by atoms with Crippen molar-refractivity contribution in [1.82, 2.24) is 24.3 Å². The molecule has 1 saturated heterocycles. The van der Waals surface area contributed by atoms with E-state index in [9.17, 15) is 4.79 Å². The van der Waals surface area contributed by atoms with Crippen molar-refractivity contribution in [2.45, 2.75) is 44.2 Å². The molecular weight excluding hydrogens is 652 g/mol. The first-order valence-corrected chi connectivity index (χ1v) is 17.7. The van der Waals surface area contributed by atoms with Crippen molar-refractivity contribution in [3.05, 3.63) is 100 Å². The van der Waals surface area contributed by atoms with E-state index < -0.39 is 0 Å². The molecular formula is C38H41ClN8O3. The molecule has 12 heteroatoms. The van der Waals surface area contributed by atoms with Crippen LogP contribution in [-0.2, 0) is 17.9 Å². The number of hydrogen-bond acceptors (Lipinski definition) is 9. The molecule has 2 N–H and O–H groups in total. The second-order valence-electron chi connectivity index (χ2n) is 13.6. The summed E-state index contributed by atoms with van der Waals surface area (Å²) in [5.74, 6) is 2.18. The van der Waals surface area contributed by atoms with Crippen LogP contribution in [0.5, 0.6) is 11.8 Å². The van der Waals surface area contributed by atoms with Gasteiger partial charge in [-0.1, -0.05) is 35.9 Å². The number of rotatable bonds is 12. The number of halogens is 1. The van der Waals surface area contributed by atoms with Gasteiger partial charge < -0.3 is 34.3 Å². The fourth-order valence-electron chi connectivity index (χ4n) is 6.66. The second-order valence-corrected chi connectivity index (χ2v) is 14.0. The molecule has 258 valence electrons. The second kappa shape index (κ2) is 13.8. The highest BCUT2D eigenvalue weighted by Gasteiger charge is 2.44. The van der Waals surface area contributed by atoms with Crippen molar-refractivity contribution in [3.63, 3.8) is 0 Å².